The monoisotopic (exact) mass is 243 g/mol. The van der Waals surface area contributed by atoms with Crippen molar-refractivity contribution in [2.24, 2.45) is 0 Å². The van der Waals surface area contributed by atoms with Crippen LogP contribution in [0.15, 0.2) is 24.3 Å². The van der Waals surface area contributed by atoms with Gasteiger partial charge in [0.1, 0.15) is 6.04 Å². The minimum Gasteiger partial charge on any atom is -0.350 e. The zero-order valence-corrected chi connectivity index (χ0v) is 9.77. The van der Waals surface area contributed by atoms with E-state index in [9.17, 15) is 9.59 Å². The van der Waals surface area contributed by atoms with E-state index < -0.39 is 6.04 Å². The maximum absolute atomic E-state index is 11.7. The molecule has 1 atom stereocenters. The lowest BCUT2D eigenvalue weighted by molar-refractivity contribution is -0.125. The molecular weight excluding hydrogens is 230 g/mol. The molecule has 0 saturated carbocycles. The molecule has 0 aliphatic carbocycles. The van der Waals surface area contributed by atoms with E-state index in [1.54, 1.807) is 24.3 Å². The van der Waals surface area contributed by atoms with E-state index in [1.165, 1.54) is 0 Å². The Bertz CT molecular complexity index is 502. The number of nitrogens with one attached hydrogen (secondary N) is 2. The van der Waals surface area contributed by atoms with Crippen molar-refractivity contribution in [1.29, 1.82) is 5.26 Å². The van der Waals surface area contributed by atoms with Crippen LogP contribution in [0.3, 0.4) is 0 Å². The third-order valence-electron chi connectivity index (χ3n) is 2.86. The molecule has 1 fully saturated rings. The number of amides is 2. The van der Waals surface area contributed by atoms with E-state index in [1.807, 2.05) is 6.07 Å². The summed E-state index contributed by atoms with van der Waals surface area (Å²) in [5.74, 6) is -0.237. The van der Waals surface area contributed by atoms with Crippen molar-refractivity contribution < 1.29 is 9.59 Å². The van der Waals surface area contributed by atoms with Crippen LogP contribution < -0.4 is 10.6 Å². The lowest BCUT2D eigenvalue weighted by Gasteiger charge is -2.10. The lowest BCUT2D eigenvalue weighted by atomic mass is 10.1. The Labute approximate surface area is 105 Å². The Morgan fingerprint density at radius 2 is 2.17 bits per heavy atom. The summed E-state index contributed by atoms with van der Waals surface area (Å²) in [5.41, 5.74) is 1.51. The van der Waals surface area contributed by atoms with Gasteiger partial charge < -0.3 is 10.6 Å². The number of carbonyl (C=O) groups is 2. The van der Waals surface area contributed by atoms with Gasteiger partial charge in [-0.05, 0) is 24.1 Å². The zero-order chi connectivity index (χ0) is 13.0. The molecule has 5 heteroatoms. The van der Waals surface area contributed by atoms with Gasteiger partial charge in [-0.3, -0.25) is 9.59 Å². The second-order valence-electron chi connectivity index (χ2n) is 4.19. The number of hydrogen-bond donors (Lipinski definition) is 2. The average Bonchev–Trinajstić information content (AvgIpc) is 2.83. The molecule has 0 radical (unpaired) electrons. The molecule has 1 heterocycles. The van der Waals surface area contributed by atoms with Crippen molar-refractivity contribution in [3.05, 3.63) is 35.4 Å². The highest BCUT2D eigenvalue weighted by atomic mass is 16.2. The highest BCUT2D eigenvalue weighted by Crippen LogP contribution is 2.07. The minimum atomic E-state index is -0.407. The molecule has 1 aliphatic heterocycles. The number of nitriles is 1. The summed E-state index contributed by atoms with van der Waals surface area (Å²) in [6, 6.07) is 8.64. The van der Waals surface area contributed by atoms with E-state index in [4.69, 9.17) is 5.26 Å². The first-order chi connectivity index (χ1) is 8.69. The van der Waals surface area contributed by atoms with Crippen LogP contribution >= 0.6 is 0 Å². The molecule has 0 spiro atoms. The molecular formula is C13H13N3O2. The molecule has 1 saturated heterocycles. The highest BCUT2D eigenvalue weighted by molar-refractivity contribution is 5.90. The second-order valence-corrected chi connectivity index (χ2v) is 4.19. The molecule has 1 aromatic carbocycles. The van der Waals surface area contributed by atoms with Gasteiger partial charge in [0.2, 0.25) is 11.8 Å². The smallest absolute Gasteiger partial charge is 0.242 e. The third kappa shape index (κ3) is 2.86. The maximum atomic E-state index is 11.7. The molecule has 1 aromatic rings. The fourth-order valence-electron chi connectivity index (χ4n) is 1.82. The molecule has 92 valence electrons. The van der Waals surface area contributed by atoms with Crippen LogP contribution in [0.4, 0.5) is 0 Å². The van der Waals surface area contributed by atoms with Crippen LogP contribution in [0.5, 0.6) is 0 Å². The summed E-state index contributed by atoms with van der Waals surface area (Å²) in [6.45, 7) is 0.400. The van der Waals surface area contributed by atoms with Crippen molar-refractivity contribution in [2.75, 3.05) is 0 Å². The number of hydrogen-bond acceptors (Lipinski definition) is 3. The first-order valence-corrected chi connectivity index (χ1v) is 5.75. The van der Waals surface area contributed by atoms with Gasteiger partial charge in [-0.15, -0.1) is 0 Å². The topological polar surface area (TPSA) is 82.0 Å². The largest absolute Gasteiger partial charge is 0.350 e. The number of rotatable bonds is 3. The molecule has 2 amide bonds. The van der Waals surface area contributed by atoms with E-state index in [2.05, 4.69) is 10.6 Å². The van der Waals surface area contributed by atoms with Gasteiger partial charge in [0.15, 0.2) is 0 Å². The van der Waals surface area contributed by atoms with Gasteiger partial charge in [-0.2, -0.15) is 5.26 Å². The van der Waals surface area contributed by atoms with Gasteiger partial charge >= 0.3 is 0 Å². The second kappa shape index (κ2) is 5.32. The zero-order valence-electron chi connectivity index (χ0n) is 9.77. The lowest BCUT2D eigenvalue weighted by Crippen LogP contribution is -2.41. The van der Waals surface area contributed by atoms with Crippen LogP contribution in [0.25, 0.3) is 0 Å². The van der Waals surface area contributed by atoms with Gasteiger partial charge in [-0.1, -0.05) is 12.1 Å². The van der Waals surface area contributed by atoms with Gasteiger partial charge in [0.25, 0.3) is 0 Å². The molecule has 0 aromatic heterocycles. The fourth-order valence-corrected chi connectivity index (χ4v) is 1.82. The number of carbonyl (C=O) groups excluding carboxylic acids is 2. The normalized spacial score (nSPS) is 17.9. The molecule has 2 N–H and O–H groups in total. The van der Waals surface area contributed by atoms with Crippen LogP contribution in [-0.4, -0.2) is 17.9 Å². The molecule has 0 bridgehead atoms. The predicted octanol–water partition coefficient (Wildman–Crippen LogP) is 0.453. The summed E-state index contributed by atoms with van der Waals surface area (Å²) < 4.78 is 0. The summed E-state index contributed by atoms with van der Waals surface area (Å²) in [5, 5.41) is 14.0. The Hall–Kier alpha value is -2.35. The Morgan fingerprint density at radius 3 is 2.72 bits per heavy atom. The summed E-state index contributed by atoms with van der Waals surface area (Å²) >= 11 is 0. The summed E-state index contributed by atoms with van der Waals surface area (Å²) in [4.78, 5) is 22.7. The highest BCUT2D eigenvalue weighted by Gasteiger charge is 2.26. The molecule has 18 heavy (non-hydrogen) atoms. The molecule has 5 nitrogen and oxygen atoms in total. The van der Waals surface area contributed by atoms with E-state index >= 15 is 0 Å². The first kappa shape index (κ1) is 12.1. The first-order valence-electron chi connectivity index (χ1n) is 5.75. The molecule has 2 rings (SSSR count). The van der Waals surface area contributed by atoms with Gasteiger partial charge in [0.05, 0.1) is 11.6 Å². The van der Waals surface area contributed by atoms with Crippen LogP contribution in [0.1, 0.15) is 24.0 Å². The minimum absolute atomic E-state index is 0.0754. The van der Waals surface area contributed by atoms with Gasteiger partial charge in [0, 0.05) is 13.0 Å². The average molecular weight is 243 g/mol. The SMILES string of the molecule is N#Cc1ccc(CNC(=O)C2CCC(=O)N2)cc1. The van der Waals surface area contributed by atoms with Crippen molar-refractivity contribution in [1.82, 2.24) is 10.6 Å². The third-order valence-corrected chi connectivity index (χ3v) is 2.86. The Morgan fingerprint density at radius 1 is 1.44 bits per heavy atom. The molecule has 1 aliphatic rings. The number of benzene rings is 1. The van der Waals surface area contributed by atoms with Crippen molar-refractivity contribution >= 4 is 11.8 Å². The van der Waals surface area contributed by atoms with E-state index in [-0.39, 0.29) is 11.8 Å². The van der Waals surface area contributed by atoms with Crippen molar-refractivity contribution in [2.45, 2.75) is 25.4 Å². The van der Waals surface area contributed by atoms with Crippen molar-refractivity contribution in [3.63, 3.8) is 0 Å². The Kier molecular flexibility index (Phi) is 3.58. The maximum Gasteiger partial charge on any atom is 0.242 e. The van der Waals surface area contributed by atoms with Crippen LogP contribution in [-0.2, 0) is 16.1 Å². The standard InChI is InChI=1S/C13H13N3O2/c14-7-9-1-3-10(4-2-9)8-15-13(18)11-5-6-12(17)16-11/h1-4,11H,5-6,8H2,(H,15,18)(H,16,17). The van der Waals surface area contributed by atoms with E-state index in [0.717, 1.165) is 5.56 Å². The molecule has 1 unspecified atom stereocenters. The number of nitrogens with zero attached hydrogens (tertiary/aromatic N) is 1. The van der Waals surface area contributed by atoms with Crippen LogP contribution in [0.2, 0.25) is 0 Å². The quantitative estimate of drug-likeness (QED) is 0.808. The van der Waals surface area contributed by atoms with Crippen molar-refractivity contribution in [3.8, 4) is 6.07 Å². The van der Waals surface area contributed by atoms with E-state index in [0.29, 0.717) is 24.9 Å². The van der Waals surface area contributed by atoms with Crippen LogP contribution in [0, 0.1) is 11.3 Å². The Balaban J connectivity index is 1.85. The van der Waals surface area contributed by atoms with Gasteiger partial charge in [-0.25, -0.2) is 0 Å². The predicted molar refractivity (Wildman–Crippen MR) is 64.2 cm³/mol. The summed E-state index contributed by atoms with van der Waals surface area (Å²) in [6.07, 6.45) is 0.965. The summed E-state index contributed by atoms with van der Waals surface area (Å²) in [7, 11) is 0. The fraction of sp³-hybridized carbons (Fsp3) is 0.308.